The number of pyridine rings is 1. The van der Waals surface area contributed by atoms with E-state index in [0.29, 0.717) is 11.2 Å². The van der Waals surface area contributed by atoms with Crippen LogP contribution >= 0.6 is 0 Å². The molecule has 2 atom stereocenters. The van der Waals surface area contributed by atoms with Crippen molar-refractivity contribution in [1.29, 1.82) is 0 Å². The Bertz CT molecular complexity index is 697. The number of carboxylic acids is 1. The van der Waals surface area contributed by atoms with Crippen molar-refractivity contribution in [1.82, 2.24) is 4.98 Å². The smallest absolute Gasteiger partial charge is 0.307 e. The van der Waals surface area contributed by atoms with Crippen molar-refractivity contribution in [2.75, 3.05) is 5.32 Å². The third kappa shape index (κ3) is 3.18. The molecule has 0 radical (unpaired) electrons. The number of para-hydroxylation sites is 1. The van der Waals surface area contributed by atoms with Crippen LogP contribution in [-0.2, 0) is 9.59 Å². The van der Waals surface area contributed by atoms with E-state index >= 15 is 0 Å². The third-order valence-electron chi connectivity index (χ3n) is 3.67. The molecule has 1 aromatic carbocycles. The fourth-order valence-electron chi connectivity index (χ4n) is 2.03. The molecule has 2 N–H and O–H groups in total. The first-order valence-corrected chi connectivity index (χ1v) is 6.80. The molecule has 0 spiro atoms. The Kier molecular flexibility index (Phi) is 4.21. The Hall–Kier alpha value is -2.43. The lowest BCUT2D eigenvalue weighted by molar-refractivity contribution is -0.145. The quantitative estimate of drug-likeness (QED) is 0.905. The number of aryl methyl sites for hydroxylation is 1. The maximum Gasteiger partial charge on any atom is 0.307 e. The minimum Gasteiger partial charge on any atom is -0.481 e. The number of hydrogen-bond donors (Lipinski definition) is 2. The monoisotopic (exact) mass is 286 g/mol. The van der Waals surface area contributed by atoms with Crippen molar-refractivity contribution in [3.8, 4) is 0 Å². The molecule has 0 aliphatic heterocycles. The summed E-state index contributed by atoms with van der Waals surface area (Å²) in [6.07, 6.45) is 0. The number of nitrogens with zero attached hydrogens (tertiary/aromatic N) is 1. The number of amides is 1. The second-order valence-corrected chi connectivity index (χ2v) is 5.23. The van der Waals surface area contributed by atoms with E-state index in [2.05, 4.69) is 10.3 Å². The van der Waals surface area contributed by atoms with Crippen molar-refractivity contribution in [2.45, 2.75) is 20.8 Å². The van der Waals surface area contributed by atoms with Gasteiger partial charge in [0.1, 0.15) is 0 Å². The maximum atomic E-state index is 12.2. The summed E-state index contributed by atoms with van der Waals surface area (Å²) in [5.74, 6) is -2.66. The van der Waals surface area contributed by atoms with Crippen molar-refractivity contribution in [3.63, 3.8) is 0 Å². The van der Waals surface area contributed by atoms with Gasteiger partial charge in [0.05, 0.1) is 17.1 Å². The largest absolute Gasteiger partial charge is 0.481 e. The number of aliphatic carboxylic acids is 1. The van der Waals surface area contributed by atoms with Crippen molar-refractivity contribution < 1.29 is 14.7 Å². The maximum absolute atomic E-state index is 12.2. The Balaban J connectivity index is 2.29. The van der Waals surface area contributed by atoms with Crippen LogP contribution in [0.2, 0.25) is 0 Å². The highest BCUT2D eigenvalue weighted by Gasteiger charge is 2.26. The van der Waals surface area contributed by atoms with Crippen molar-refractivity contribution >= 4 is 28.5 Å². The molecule has 1 amide bonds. The van der Waals surface area contributed by atoms with Crippen LogP contribution in [0.15, 0.2) is 30.3 Å². The number of carboxylic acid groups (broad SMARTS) is 1. The Labute approximate surface area is 123 Å². The summed E-state index contributed by atoms with van der Waals surface area (Å²) >= 11 is 0. The summed E-state index contributed by atoms with van der Waals surface area (Å²) in [7, 11) is 0. The first kappa shape index (κ1) is 15.0. The summed E-state index contributed by atoms with van der Waals surface area (Å²) in [6.45, 7) is 5.02. The van der Waals surface area contributed by atoms with Gasteiger partial charge in [0.25, 0.3) is 0 Å². The highest BCUT2D eigenvalue weighted by Crippen LogP contribution is 2.23. The predicted octanol–water partition coefficient (Wildman–Crippen LogP) is 2.84. The second kappa shape index (κ2) is 5.91. The van der Waals surface area contributed by atoms with E-state index in [4.69, 9.17) is 5.11 Å². The van der Waals surface area contributed by atoms with Crippen LogP contribution < -0.4 is 5.32 Å². The van der Waals surface area contributed by atoms with Gasteiger partial charge in [-0.3, -0.25) is 14.6 Å². The van der Waals surface area contributed by atoms with Gasteiger partial charge >= 0.3 is 5.97 Å². The first-order chi connectivity index (χ1) is 9.90. The van der Waals surface area contributed by atoms with E-state index in [9.17, 15) is 9.59 Å². The zero-order valence-electron chi connectivity index (χ0n) is 12.3. The molecule has 2 rings (SSSR count). The number of fused-ring (bicyclic) bond motifs is 1. The lowest BCUT2D eigenvalue weighted by Gasteiger charge is -2.16. The van der Waals surface area contributed by atoms with E-state index < -0.39 is 17.8 Å². The van der Waals surface area contributed by atoms with E-state index in [1.165, 1.54) is 6.92 Å². The Morgan fingerprint density at radius 1 is 1.14 bits per heavy atom. The van der Waals surface area contributed by atoms with E-state index in [-0.39, 0.29) is 5.91 Å². The molecule has 5 heteroatoms. The highest BCUT2D eigenvalue weighted by atomic mass is 16.4. The van der Waals surface area contributed by atoms with Gasteiger partial charge in [0.2, 0.25) is 5.91 Å². The Morgan fingerprint density at radius 2 is 1.86 bits per heavy atom. The number of carbonyl (C=O) groups is 2. The molecule has 0 fully saturated rings. The van der Waals surface area contributed by atoms with Gasteiger partial charge in [-0.2, -0.15) is 0 Å². The van der Waals surface area contributed by atoms with Gasteiger partial charge in [0, 0.05) is 17.0 Å². The zero-order chi connectivity index (χ0) is 15.6. The number of carbonyl (C=O) groups excluding carboxylic acids is 1. The molecule has 0 aliphatic rings. The molecule has 0 saturated carbocycles. The number of nitrogens with one attached hydrogen (secondary N) is 1. The standard InChI is InChI=1S/C16H18N2O3/c1-9-7-8-12-5-4-6-13(14(12)17-9)18-15(19)10(2)11(3)16(20)21/h4-8,10-11H,1-3H3,(H,18,19)(H,20,21). The molecule has 0 bridgehead atoms. The fourth-order valence-corrected chi connectivity index (χ4v) is 2.03. The summed E-state index contributed by atoms with van der Waals surface area (Å²) in [6, 6.07) is 9.37. The first-order valence-electron chi connectivity index (χ1n) is 6.80. The lowest BCUT2D eigenvalue weighted by atomic mass is 9.95. The molecule has 110 valence electrons. The van der Waals surface area contributed by atoms with E-state index in [1.54, 1.807) is 13.0 Å². The lowest BCUT2D eigenvalue weighted by Crippen LogP contribution is -2.30. The van der Waals surface area contributed by atoms with Crippen LogP contribution in [0.1, 0.15) is 19.5 Å². The SMILES string of the molecule is Cc1ccc2cccc(NC(=O)C(C)C(C)C(=O)O)c2n1. The van der Waals surface area contributed by atoms with Gasteiger partial charge in [-0.15, -0.1) is 0 Å². The summed E-state index contributed by atoms with van der Waals surface area (Å²) in [4.78, 5) is 27.6. The van der Waals surface area contributed by atoms with Crippen molar-refractivity contribution in [2.24, 2.45) is 11.8 Å². The summed E-state index contributed by atoms with van der Waals surface area (Å²) in [5, 5.41) is 12.7. The molecule has 1 heterocycles. The van der Waals surface area contributed by atoms with Gasteiger partial charge < -0.3 is 10.4 Å². The Morgan fingerprint density at radius 3 is 2.52 bits per heavy atom. The number of anilines is 1. The molecule has 2 unspecified atom stereocenters. The molecule has 1 aromatic heterocycles. The number of hydrogen-bond acceptors (Lipinski definition) is 3. The molecule has 21 heavy (non-hydrogen) atoms. The minimum absolute atomic E-state index is 0.319. The number of benzene rings is 1. The van der Waals surface area contributed by atoms with Crippen LogP contribution in [0.4, 0.5) is 5.69 Å². The van der Waals surface area contributed by atoms with Crippen LogP contribution in [0.3, 0.4) is 0 Å². The number of rotatable bonds is 4. The van der Waals surface area contributed by atoms with Gasteiger partial charge in [-0.05, 0) is 19.1 Å². The van der Waals surface area contributed by atoms with Crippen LogP contribution in [0, 0.1) is 18.8 Å². The zero-order valence-corrected chi connectivity index (χ0v) is 12.3. The summed E-state index contributed by atoms with van der Waals surface area (Å²) in [5.41, 5.74) is 2.17. The van der Waals surface area contributed by atoms with Crippen LogP contribution in [0.25, 0.3) is 10.9 Å². The topological polar surface area (TPSA) is 79.3 Å². The minimum atomic E-state index is -0.982. The fraction of sp³-hybridized carbons (Fsp3) is 0.312. The molecule has 2 aromatic rings. The van der Waals surface area contributed by atoms with Crippen LogP contribution in [0.5, 0.6) is 0 Å². The second-order valence-electron chi connectivity index (χ2n) is 5.23. The molecular weight excluding hydrogens is 268 g/mol. The number of aromatic nitrogens is 1. The average Bonchev–Trinajstić information content (AvgIpc) is 2.46. The molecule has 0 aliphatic carbocycles. The highest BCUT2D eigenvalue weighted by molar-refractivity contribution is 6.01. The van der Waals surface area contributed by atoms with Crippen molar-refractivity contribution in [3.05, 3.63) is 36.0 Å². The molecule has 5 nitrogen and oxygen atoms in total. The van der Waals surface area contributed by atoms with Gasteiger partial charge in [0.15, 0.2) is 0 Å². The molecular formula is C16H18N2O3. The summed E-state index contributed by atoms with van der Waals surface area (Å²) < 4.78 is 0. The van der Waals surface area contributed by atoms with E-state index in [0.717, 1.165) is 11.1 Å². The average molecular weight is 286 g/mol. The predicted molar refractivity (Wildman–Crippen MR) is 81.1 cm³/mol. The normalized spacial score (nSPS) is 13.7. The van der Waals surface area contributed by atoms with Gasteiger partial charge in [-0.25, -0.2) is 0 Å². The third-order valence-corrected chi connectivity index (χ3v) is 3.67. The van der Waals surface area contributed by atoms with Crippen LogP contribution in [-0.4, -0.2) is 22.0 Å². The molecule has 0 saturated heterocycles. The van der Waals surface area contributed by atoms with Gasteiger partial charge in [-0.1, -0.05) is 32.0 Å². The van der Waals surface area contributed by atoms with E-state index in [1.807, 2.05) is 31.2 Å².